The number of hydrogen-bond donors (Lipinski definition) is 0. The van der Waals surface area contributed by atoms with E-state index in [-0.39, 0.29) is 4.45 Å². The van der Waals surface area contributed by atoms with Crippen molar-refractivity contribution in [2.24, 2.45) is 0 Å². The lowest BCUT2D eigenvalue weighted by atomic mass is 9.95. The highest BCUT2D eigenvalue weighted by molar-refractivity contribution is 9.10. The minimum absolute atomic E-state index is 0.325. The van der Waals surface area contributed by atoms with E-state index < -0.39 is 0 Å². The Morgan fingerprint density at radius 1 is 0.733 bits per heavy atom. The summed E-state index contributed by atoms with van der Waals surface area (Å²) in [6, 6.07) is 24.0. The molecule has 1 aliphatic carbocycles. The van der Waals surface area contributed by atoms with Crippen LogP contribution in [0.5, 0.6) is 0 Å². The standard InChI is InChI=1S/C28H28BrN/c1-20-10-12-26(18-22(20)3)30(27-13-11-21(2)23(4)19-27)28(29)16-14-25(15-17-28)24-8-6-5-7-9-24/h5-16,18-19H,17H2,1-4H3. The van der Waals surface area contributed by atoms with Gasteiger partial charge in [-0.3, -0.25) is 0 Å². The minimum atomic E-state index is -0.325. The normalized spacial score (nSPS) is 18.2. The maximum atomic E-state index is 4.12. The molecule has 0 amide bonds. The predicted octanol–water partition coefficient (Wildman–Crippen LogP) is 8.19. The number of alkyl halides is 1. The van der Waals surface area contributed by atoms with Crippen molar-refractivity contribution in [1.82, 2.24) is 0 Å². The zero-order valence-electron chi connectivity index (χ0n) is 18.1. The molecular formula is C28H28BrN. The Hall–Kier alpha value is -2.58. The molecule has 0 N–H and O–H groups in total. The highest BCUT2D eigenvalue weighted by Gasteiger charge is 2.34. The SMILES string of the molecule is Cc1ccc(N(c2ccc(C)c(C)c2)C2(Br)C=CC(c3ccccc3)=CC2)cc1C. The summed E-state index contributed by atoms with van der Waals surface area (Å²) in [4.78, 5) is 2.42. The number of benzene rings is 3. The quantitative estimate of drug-likeness (QED) is 0.281. The van der Waals surface area contributed by atoms with Gasteiger partial charge in [-0.2, -0.15) is 0 Å². The number of anilines is 2. The molecule has 2 heteroatoms. The lowest BCUT2D eigenvalue weighted by Crippen LogP contribution is -2.39. The Bertz CT molecular complexity index is 1080. The second-order valence-corrected chi connectivity index (χ2v) is 9.63. The van der Waals surface area contributed by atoms with Crippen molar-refractivity contribution in [1.29, 1.82) is 0 Å². The van der Waals surface area contributed by atoms with Crippen molar-refractivity contribution in [2.45, 2.75) is 38.6 Å². The third-order valence-corrected chi connectivity index (χ3v) is 7.05. The largest absolute Gasteiger partial charge is 0.322 e. The monoisotopic (exact) mass is 457 g/mol. The van der Waals surface area contributed by atoms with Crippen molar-refractivity contribution in [2.75, 3.05) is 4.90 Å². The molecular weight excluding hydrogens is 430 g/mol. The maximum absolute atomic E-state index is 4.12. The van der Waals surface area contributed by atoms with Crippen LogP contribution in [0.1, 0.15) is 34.2 Å². The summed E-state index contributed by atoms with van der Waals surface area (Å²) < 4.78 is -0.325. The summed E-state index contributed by atoms with van der Waals surface area (Å²) in [6.07, 6.45) is 7.73. The van der Waals surface area contributed by atoms with Gasteiger partial charge in [0.2, 0.25) is 0 Å². The fourth-order valence-corrected chi connectivity index (χ4v) is 4.63. The molecule has 0 saturated carbocycles. The topological polar surface area (TPSA) is 3.24 Å². The van der Waals surface area contributed by atoms with Gasteiger partial charge in [0.1, 0.15) is 4.45 Å². The molecule has 0 aromatic heterocycles. The van der Waals surface area contributed by atoms with Crippen molar-refractivity contribution in [3.8, 4) is 0 Å². The van der Waals surface area contributed by atoms with E-state index in [1.54, 1.807) is 0 Å². The zero-order valence-corrected chi connectivity index (χ0v) is 19.7. The summed E-state index contributed by atoms with van der Waals surface area (Å²) in [5.74, 6) is 0. The number of halogens is 1. The summed E-state index contributed by atoms with van der Waals surface area (Å²) in [6.45, 7) is 8.70. The summed E-state index contributed by atoms with van der Waals surface area (Å²) in [5.41, 5.74) is 10.1. The van der Waals surface area contributed by atoms with Crippen LogP contribution in [0.15, 0.2) is 85.0 Å². The highest BCUT2D eigenvalue weighted by Crippen LogP contribution is 2.44. The molecule has 0 bridgehead atoms. The van der Waals surface area contributed by atoms with E-state index in [0.29, 0.717) is 0 Å². The number of nitrogens with zero attached hydrogens (tertiary/aromatic N) is 1. The Balaban J connectivity index is 1.78. The molecule has 3 aromatic rings. The van der Waals surface area contributed by atoms with Gasteiger partial charge >= 0.3 is 0 Å². The smallest absolute Gasteiger partial charge is 0.122 e. The van der Waals surface area contributed by atoms with Crippen LogP contribution in [0, 0.1) is 27.7 Å². The van der Waals surface area contributed by atoms with Gasteiger partial charge in [0.15, 0.2) is 0 Å². The second-order valence-electron chi connectivity index (χ2n) is 8.25. The van der Waals surface area contributed by atoms with Crippen LogP contribution >= 0.6 is 15.9 Å². The molecule has 4 rings (SSSR count). The van der Waals surface area contributed by atoms with Gasteiger partial charge in [-0.15, -0.1) is 0 Å². The van der Waals surface area contributed by atoms with Crippen molar-refractivity contribution < 1.29 is 0 Å². The van der Waals surface area contributed by atoms with Crippen LogP contribution in [0.4, 0.5) is 11.4 Å². The average Bonchev–Trinajstić information content (AvgIpc) is 2.74. The van der Waals surface area contributed by atoms with E-state index in [1.165, 1.54) is 44.8 Å². The van der Waals surface area contributed by atoms with Crippen molar-refractivity contribution in [3.63, 3.8) is 0 Å². The lowest BCUT2D eigenvalue weighted by Gasteiger charge is -2.41. The molecule has 152 valence electrons. The van der Waals surface area contributed by atoms with Crippen molar-refractivity contribution >= 4 is 32.9 Å². The van der Waals surface area contributed by atoms with Gasteiger partial charge in [-0.05, 0) is 91.4 Å². The molecule has 1 aliphatic rings. The van der Waals surface area contributed by atoms with Crippen LogP contribution < -0.4 is 4.90 Å². The van der Waals surface area contributed by atoms with E-state index in [1.807, 2.05) is 0 Å². The van der Waals surface area contributed by atoms with E-state index in [0.717, 1.165) is 6.42 Å². The molecule has 0 fully saturated rings. The lowest BCUT2D eigenvalue weighted by molar-refractivity contribution is 0.740. The van der Waals surface area contributed by atoms with E-state index >= 15 is 0 Å². The molecule has 0 heterocycles. The molecule has 3 aromatic carbocycles. The molecule has 30 heavy (non-hydrogen) atoms. The van der Waals surface area contributed by atoms with E-state index in [4.69, 9.17) is 0 Å². The molecule has 0 radical (unpaired) electrons. The fraction of sp³-hybridized carbons (Fsp3) is 0.214. The van der Waals surface area contributed by atoms with E-state index in [9.17, 15) is 0 Å². The Kier molecular flexibility index (Phi) is 5.71. The summed E-state index contributed by atoms with van der Waals surface area (Å²) in [5, 5.41) is 0. The van der Waals surface area contributed by atoms with Crippen molar-refractivity contribution in [3.05, 3.63) is 113 Å². The molecule has 1 atom stereocenters. The first kappa shape index (κ1) is 20.7. The van der Waals surface area contributed by atoms with E-state index in [2.05, 4.69) is 133 Å². The van der Waals surface area contributed by atoms with Gasteiger partial charge in [0.05, 0.1) is 0 Å². The first-order chi connectivity index (χ1) is 14.4. The third-order valence-electron chi connectivity index (χ3n) is 6.10. The molecule has 0 aliphatic heterocycles. The molecule has 1 nitrogen and oxygen atoms in total. The van der Waals surface area contributed by atoms with Gasteiger partial charge in [0.25, 0.3) is 0 Å². The van der Waals surface area contributed by atoms with Crippen LogP contribution in [0.2, 0.25) is 0 Å². The number of rotatable bonds is 4. The Morgan fingerprint density at radius 2 is 1.30 bits per heavy atom. The average molecular weight is 458 g/mol. The Morgan fingerprint density at radius 3 is 1.77 bits per heavy atom. The van der Waals surface area contributed by atoms with Gasteiger partial charge in [-0.1, -0.05) is 70.5 Å². The van der Waals surface area contributed by atoms with Gasteiger partial charge in [-0.25, -0.2) is 0 Å². The van der Waals surface area contributed by atoms with Crippen LogP contribution in [0.3, 0.4) is 0 Å². The first-order valence-corrected chi connectivity index (χ1v) is 11.3. The second kappa shape index (κ2) is 8.28. The zero-order chi connectivity index (χ0) is 21.3. The summed E-state index contributed by atoms with van der Waals surface area (Å²) in [7, 11) is 0. The maximum Gasteiger partial charge on any atom is 0.122 e. The van der Waals surface area contributed by atoms with Gasteiger partial charge in [0, 0.05) is 17.8 Å². The predicted molar refractivity (Wildman–Crippen MR) is 134 cm³/mol. The minimum Gasteiger partial charge on any atom is -0.322 e. The summed E-state index contributed by atoms with van der Waals surface area (Å²) >= 11 is 4.12. The highest BCUT2D eigenvalue weighted by atomic mass is 79.9. The van der Waals surface area contributed by atoms with Gasteiger partial charge < -0.3 is 4.90 Å². The molecule has 0 spiro atoms. The third kappa shape index (κ3) is 4.02. The fourth-order valence-electron chi connectivity index (χ4n) is 3.92. The van der Waals surface area contributed by atoms with Crippen LogP contribution in [0.25, 0.3) is 5.57 Å². The molecule has 0 saturated heterocycles. The number of hydrogen-bond acceptors (Lipinski definition) is 1. The van der Waals surface area contributed by atoms with Crippen LogP contribution in [-0.4, -0.2) is 4.45 Å². The number of allylic oxidation sites excluding steroid dienone is 2. The number of aryl methyl sites for hydroxylation is 4. The Labute approximate surface area is 188 Å². The first-order valence-electron chi connectivity index (χ1n) is 10.5. The van der Waals surface area contributed by atoms with Crippen LogP contribution in [-0.2, 0) is 0 Å². The molecule has 1 unspecified atom stereocenters.